The molecule has 2 aliphatic carbocycles. The van der Waals surface area contributed by atoms with E-state index in [0.29, 0.717) is 0 Å². The fraction of sp³-hybridized carbons (Fsp3) is 0.312. The molecule has 0 heterocycles. The predicted octanol–water partition coefficient (Wildman–Crippen LogP) is 6.98. The van der Waals surface area contributed by atoms with Crippen LogP contribution >= 0.6 is 16.1 Å². The largest absolute Gasteiger partial charge is 2.00 e. The quantitative estimate of drug-likeness (QED) is 0.203. The molecule has 0 bridgehead atoms. The summed E-state index contributed by atoms with van der Waals surface area (Å²) in [4.78, 5) is 21.9. The summed E-state index contributed by atoms with van der Waals surface area (Å²) in [5.41, 5.74) is 7.91. The Morgan fingerprint density at radius 1 is 0.615 bits per heavy atom. The van der Waals surface area contributed by atoms with Crippen LogP contribution in [-0.4, -0.2) is 10.3 Å². The summed E-state index contributed by atoms with van der Waals surface area (Å²) in [5.74, 6) is 6.22. The van der Waals surface area contributed by atoms with Gasteiger partial charge in [-0.1, -0.05) is 85.1 Å². The Hall–Kier alpha value is -2.04. The van der Waals surface area contributed by atoms with E-state index < -0.39 is 26.4 Å². The monoisotopic (exact) mass is 634 g/mol. The van der Waals surface area contributed by atoms with Crippen LogP contribution in [0, 0.1) is 24.0 Å². The predicted molar refractivity (Wildman–Crippen MR) is 152 cm³/mol. The Kier molecular flexibility index (Phi) is 13.5. The van der Waals surface area contributed by atoms with Crippen molar-refractivity contribution in [1.82, 2.24) is 0 Å². The van der Waals surface area contributed by atoms with Gasteiger partial charge in [-0.3, -0.25) is 0 Å². The molecule has 0 fully saturated rings. The van der Waals surface area contributed by atoms with E-state index in [4.69, 9.17) is 0 Å². The maximum Gasteiger partial charge on any atom is 2.00 e. The van der Waals surface area contributed by atoms with E-state index in [9.17, 15) is 18.9 Å². The van der Waals surface area contributed by atoms with E-state index in [1.54, 1.807) is 13.8 Å². The van der Waals surface area contributed by atoms with Crippen molar-refractivity contribution in [1.29, 1.82) is 0 Å². The van der Waals surface area contributed by atoms with Crippen molar-refractivity contribution >= 4 is 16.1 Å². The molecule has 4 nitrogen and oxygen atoms in total. The molecule has 4 unspecified atom stereocenters. The van der Waals surface area contributed by atoms with Gasteiger partial charge in [0.05, 0.1) is 0 Å². The van der Waals surface area contributed by atoms with Gasteiger partial charge < -0.3 is 9.79 Å². The Morgan fingerprint density at radius 2 is 0.897 bits per heavy atom. The Labute approximate surface area is 254 Å². The standard InChI is InChI=1S/C14H10.2C9H12O2P.Zr/c1-3-7-13(8-4-1)11-12-14-9-5-2-6-10-14;2*1-6-5-9(4,12(10)11)8(3)7(6)2;/h1-10H;2*1-4H3;/q;2*-1;+2. The second-order valence-electron chi connectivity index (χ2n) is 9.64. The van der Waals surface area contributed by atoms with Gasteiger partial charge in [-0.2, -0.15) is 11.1 Å². The molecule has 39 heavy (non-hydrogen) atoms. The van der Waals surface area contributed by atoms with Crippen molar-refractivity contribution in [2.75, 3.05) is 0 Å². The molecular weight excluding hydrogens is 602 g/mol. The number of benzene rings is 2. The van der Waals surface area contributed by atoms with Crippen LogP contribution in [0.2, 0.25) is 0 Å². The molecule has 0 amide bonds. The molecule has 0 aliphatic heterocycles. The fourth-order valence-corrected chi connectivity index (χ4v) is 5.35. The van der Waals surface area contributed by atoms with Crippen molar-refractivity contribution in [2.45, 2.75) is 65.7 Å². The normalized spacial score (nSPS) is 22.1. The third-order valence-corrected chi connectivity index (χ3v) is 9.56. The zero-order chi connectivity index (χ0) is 28.7. The van der Waals surface area contributed by atoms with E-state index in [1.165, 1.54) is 0 Å². The van der Waals surface area contributed by atoms with Gasteiger partial charge in [-0.15, -0.1) is 25.0 Å². The zero-order valence-corrected chi connectivity index (χ0v) is 28.0. The SMILES string of the molecule is C(#Cc1ccccc1)c1ccccc1.CC1=[C-]C(C)([P+](=O)[O-])C(C)=C1C.CC1=[C-]C(C)([P+](=O)[O-])C(C)=C1C.[Zr+2]. The molecule has 2 aromatic rings. The van der Waals surface area contributed by atoms with Crippen LogP contribution in [0.25, 0.3) is 0 Å². The van der Waals surface area contributed by atoms with Crippen LogP contribution in [0.4, 0.5) is 0 Å². The molecule has 2 aliphatic rings. The van der Waals surface area contributed by atoms with Crippen LogP contribution in [0.5, 0.6) is 0 Å². The number of hydrogen-bond acceptors (Lipinski definition) is 4. The molecule has 7 heteroatoms. The maximum atomic E-state index is 11.0. The van der Waals surface area contributed by atoms with Crippen LogP contribution in [0.3, 0.4) is 0 Å². The van der Waals surface area contributed by atoms with Gasteiger partial charge in [0.2, 0.25) is 0 Å². The average molecular weight is 636 g/mol. The summed E-state index contributed by atoms with van der Waals surface area (Å²) in [6.45, 7) is 14.7. The van der Waals surface area contributed by atoms with E-state index in [2.05, 4.69) is 24.0 Å². The molecule has 0 aromatic heterocycles. The molecular formula is C32H34O4P2Zr. The van der Waals surface area contributed by atoms with E-state index in [0.717, 1.165) is 44.6 Å². The van der Waals surface area contributed by atoms with Gasteiger partial charge in [-0.05, 0) is 38.1 Å². The molecule has 0 spiro atoms. The third kappa shape index (κ3) is 8.72. The molecule has 0 saturated carbocycles. The first-order chi connectivity index (χ1) is 17.7. The van der Waals surface area contributed by atoms with Crippen molar-refractivity contribution in [3.05, 3.63) is 117 Å². The zero-order valence-electron chi connectivity index (χ0n) is 23.8. The second-order valence-corrected chi connectivity index (χ2v) is 12.5. The number of allylic oxidation sites excluding steroid dienone is 8. The minimum absolute atomic E-state index is 0. The third-order valence-electron chi connectivity index (χ3n) is 7.20. The van der Waals surface area contributed by atoms with E-state index in [1.807, 2.05) is 102 Å². The van der Waals surface area contributed by atoms with Crippen molar-refractivity contribution in [3.8, 4) is 11.8 Å². The number of rotatable bonds is 2. The maximum absolute atomic E-state index is 11.0. The minimum Gasteiger partial charge on any atom is -0.596 e. The molecule has 200 valence electrons. The smallest absolute Gasteiger partial charge is 0.596 e. The van der Waals surface area contributed by atoms with Crippen LogP contribution in [0.1, 0.15) is 66.5 Å². The van der Waals surface area contributed by atoms with Gasteiger partial charge in [0.15, 0.2) is 0 Å². The van der Waals surface area contributed by atoms with Gasteiger partial charge in [-0.25, -0.2) is 23.3 Å². The van der Waals surface area contributed by atoms with Crippen LogP contribution < -0.4 is 9.79 Å². The molecule has 0 radical (unpaired) electrons. The van der Waals surface area contributed by atoms with E-state index in [-0.39, 0.29) is 26.2 Å². The summed E-state index contributed by atoms with van der Waals surface area (Å²) in [6.07, 6.45) is 5.95. The summed E-state index contributed by atoms with van der Waals surface area (Å²) in [5, 5.41) is -1.72. The summed E-state index contributed by atoms with van der Waals surface area (Å²) >= 11 is 0. The summed E-state index contributed by atoms with van der Waals surface area (Å²) < 4.78 is 21.9. The average Bonchev–Trinajstić information content (AvgIpc) is 3.23. The Balaban J connectivity index is 0.000000290. The molecule has 0 saturated heterocycles. The Morgan fingerprint density at radius 3 is 1.08 bits per heavy atom. The summed E-state index contributed by atoms with van der Waals surface area (Å²) in [7, 11) is -4.93. The summed E-state index contributed by atoms with van der Waals surface area (Å²) in [6, 6.07) is 20.0. The fourth-order valence-electron chi connectivity index (χ4n) is 3.95. The van der Waals surface area contributed by atoms with Crippen LogP contribution in [0.15, 0.2) is 94.1 Å². The molecule has 4 rings (SSSR count). The Bertz CT molecular complexity index is 1290. The van der Waals surface area contributed by atoms with Gasteiger partial charge in [0, 0.05) is 11.1 Å². The van der Waals surface area contributed by atoms with Crippen molar-refractivity contribution < 1.29 is 45.1 Å². The molecule has 4 atom stereocenters. The topological polar surface area (TPSA) is 80.3 Å². The van der Waals surface area contributed by atoms with Gasteiger partial charge in [0.25, 0.3) is 0 Å². The first-order valence-corrected chi connectivity index (χ1v) is 14.6. The van der Waals surface area contributed by atoms with Crippen molar-refractivity contribution in [2.24, 2.45) is 0 Å². The molecule has 2 aromatic carbocycles. The second kappa shape index (κ2) is 15.1. The van der Waals surface area contributed by atoms with Crippen LogP contribution in [-0.2, 0) is 35.3 Å². The number of hydrogen-bond donors (Lipinski definition) is 0. The van der Waals surface area contributed by atoms with Gasteiger partial charge in [0.1, 0.15) is 10.3 Å². The minimum atomic E-state index is -2.47. The van der Waals surface area contributed by atoms with Gasteiger partial charge >= 0.3 is 42.3 Å². The van der Waals surface area contributed by atoms with E-state index >= 15 is 0 Å². The molecule has 0 N–H and O–H groups in total. The first kappa shape index (κ1) is 35.0. The first-order valence-electron chi connectivity index (χ1n) is 12.2. The van der Waals surface area contributed by atoms with Crippen molar-refractivity contribution in [3.63, 3.8) is 0 Å².